The van der Waals surface area contributed by atoms with Gasteiger partial charge in [0.2, 0.25) is 5.91 Å². The van der Waals surface area contributed by atoms with Crippen LogP contribution in [0.15, 0.2) is 16.5 Å². The Morgan fingerprint density at radius 1 is 1.39 bits per heavy atom. The van der Waals surface area contributed by atoms with Gasteiger partial charge in [0.05, 0.1) is 11.8 Å². The molecule has 0 atom stereocenters. The predicted octanol–water partition coefficient (Wildman–Crippen LogP) is 1.75. The van der Waals surface area contributed by atoms with Gasteiger partial charge in [-0.3, -0.25) is 9.59 Å². The fourth-order valence-electron chi connectivity index (χ4n) is 1.62. The monoisotopic (exact) mass is 253 g/mol. The molecule has 0 aliphatic rings. The maximum Gasteiger partial charge on any atom is 0.304 e. The van der Waals surface area contributed by atoms with Crippen LogP contribution < -0.4 is 5.32 Å². The van der Waals surface area contributed by atoms with Crippen molar-refractivity contribution in [3.8, 4) is 0 Å². The first-order chi connectivity index (χ1) is 8.31. The number of carbonyl (C=O) groups is 2. The summed E-state index contributed by atoms with van der Waals surface area (Å²) in [5, 5.41) is 11.4. The Labute approximate surface area is 106 Å². The number of hydrogen-bond acceptors (Lipinski definition) is 3. The minimum atomic E-state index is -0.975. The fraction of sp³-hybridized carbons (Fsp3) is 0.538. The Morgan fingerprint density at radius 2 is 2.06 bits per heavy atom. The van der Waals surface area contributed by atoms with Crippen molar-refractivity contribution in [3.63, 3.8) is 0 Å². The molecule has 0 spiro atoms. The van der Waals surface area contributed by atoms with Crippen molar-refractivity contribution in [1.29, 1.82) is 0 Å². The third kappa shape index (κ3) is 4.24. The van der Waals surface area contributed by atoms with Crippen LogP contribution in [0.1, 0.15) is 31.8 Å². The Hall–Kier alpha value is -1.78. The van der Waals surface area contributed by atoms with Gasteiger partial charge < -0.3 is 14.8 Å². The highest BCUT2D eigenvalue weighted by atomic mass is 16.4. The molecule has 1 amide bonds. The standard InChI is InChI=1S/C13H19NO4/c1-9-4-5-10(18-9)6-7-14-12(17)13(2,3)8-11(15)16/h4-5H,6-8H2,1-3H3,(H,14,17)(H,15,16). The summed E-state index contributed by atoms with van der Waals surface area (Å²) < 4.78 is 5.37. The fourth-order valence-corrected chi connectivity index (χ4v) is 1.62. The normalized spacial score (nSPS) is 11.3. The molecule has 0 fully saturated rings. The quantitative estimate of drug-likeness (QED) is 0.809. The van der Waals surface area contributed by atoms with E-state index in [0.717, 1.165) is 11.5 Å². The van der Waals surface area contributed by atoms with Crippen molar-refractivity contribution < 1.29 is 19.1 Å². The van der Waals surface area contributed by atoms with Gasteiger partial charge in [-0.15, -0.1) is 0 Å². The van der Waals surface area contributed by atoms with Gasteiger partial charge in [0, 0.05) is 13.0 Å². The highest BCUT2D eigenvalue weighted by Crippen LogP contribution is 2.20. The van der Waals surface area contributed by atoms with Crippen molar-refractivity contribution >= 4 is 11.9 Å². The van der Waals surface area contributed by atoms with Crippen LogP contribution in [0.25, 0.3) is 0 Å². The van der Waals surface area contributed by atoms with Crippen molar-refractivity contribution in [2.45, 2.75) is 33.6 Å². The Kier molecular flexibility index (Phi) is 4.53. The molecule has 1 aromatic rings. The highest BCUT2D eigenvalue weighted by Gasteiger charge is 2.30. The molecule has 18 heavy (non-hydrogen) atoms. The molecule has 100 valence electrons. The van der Waals surface area contributed by atoms with Crippen molar-refractivity contribution in [2.24, 2.45) is 5.41 Å². The lowest BCUT2D eigenvalue weighted by atomic mass is 9.88. The van der Waals surface area contributed by atoms with Crippen LogP contribution in [-0.4, -0.2) is 23.5 Å². The lowest BCUT2D eigenvalue weighted by Crippen LogP contribution is -2.39. The molecule has 0 bridgehead atoms. The van der Waals surface area contributed by atoms with E-state index in [1.807, 2.05) is 19.1 Å². The summed E-state index contributed by atoms with van der Waals surface area (Å²) in [6.07, 6.45) is 0.418. The lowest BCUT2D eigenvalue weighted by molar-refractivity contribution is -0.144. The molecular weight excluding hydrogens is 234 g/mol. The minimum absolute atomic E-state index is 0.182. The number of carbonyl (C=O) groups excluding carboxylic acids is 1. The van der Waals surface area contributed by atoms with E-state index in [1.54, 1.807) is 13.8 Å². The van der Waals surface area contributed by atoms with E-state index in [2.05, 4.69) is 5.32 Å². The Morgan fingerprint density at radius 3 is 2.56 bits per heavy atom. The van der Waals surface area contributed by atoms with E-state index in [-0.39, 0.29) is 12.3 Å². The first kappa shape index (κ1) is 14.3. The average Bonchev–Trinajstić information content (AvgIpc) is 2.62. The van der Waals surface area contributed by atoms with Crippen LogP contribution in [0.3, 0.4) is 0 Å². The molecule has 0 aromatic carbocycles. The van der Waals surface area contributed by atoms with E-state index in [9.17, 15) is 9.59 Å². The molecule has 1 heterocycles. The van der Waals surface area contributed by atoms with Crippen LogP contribution in [0.5, 0.6) is 0 Å². The summed E-state index contributed by atoms with van der Waals surface area (Å²) in [5.41, 5.74) is -0.898. The van der Waals surface area contributed by atoms with Crippen molar-refractivity contribution in [1.82, 2.24) is 5.32 Å². The van der Waals surface area contributed by atoms with E-state index < -0.39 is 11.4 Å². The van der Waals surface area contributed by atoms with Gasteiger partial charge >= 0.3 is 5.97 Å². The summed E-state index contributed by atoms with van der Waals surface area (Å²) in [6, 6.07) is 3.73. The van der Waals surface area contributed by atoms with Crippen LogP contribution in [0.2, 0.25) is 0 Å². The molecule has 0 saturated heterocycles. The molecule has 0 aliphatic carbocycles. The number of furan rings is 1. The number of amides is 1. The summed E-state index contributed by atoms with van der Waals surface area (Å²) in [7, 11) is 0. The zero-order valence-electron chi connectivity index (χ0n) is 10.9. The van der Waals surface area contributed by atoms with Crippen molar-refractivity contribution in [2.75, 3.05) is 6.54 Å². The SMILES string of the molecule is Cc1ccc(CCNC(=O)C(C)(C)CC(=O)O)o1. The molecule has 0 unspecified atom stereocenters. The molecule has 5 nitrogen and oxygen atoms in total. The molecular formula is C13H19NO4. The molecule has 1 aromatic heterocycles. The molecule has 5 heteroatoms. The van der Waals surface area contributed by atoms with Crippen LogP contribution in [-0.2, 0) is 16.0 Å². The van der Waals surface area contributed by atoms with Gasteiger partial charge in [0.15, 0.2) is 0 Å². The van der Waals surface area contributed by atoms with Gasteiger partial charge in [0.25, 0.3) is 0 Å². The summed E-state index contributed by atoms with van der Waals surface area (Å²) in [6.45, 7) is 5.54. The average molecular weight is 253 g/mol. The number of carboxylic acid groups (broad SMARTS) is 1. The van der Waals surface area contributed by atoms with Crippen LogP contribution in [0.4, 0.5) is 0 Å². The molecule has 0 saturated carbocycles. The molecule has 0 radical (unpaired) electrons. The Balaban J connectivity index is 2.39. The zero-order valence-corrected chi connectivity index (χ0v) is 10.9. The van der Waals surface area contributed by atoms with Gasteiger partial charge in [-0.2, -0.15) is 0 Å². The van der Waals surface area contributed by atoms with Crippen LogP contribution >= 0.6 is 0 Å². The number of aryl methyl sites for hydroxylation is 1. The topological polar surface area (TPSA) is 79.5 Å². The van der Waals surface area contributed by atoms with Gasteiger partial charge in [-0.05, 0) is 19.1 Å². The third-order valence-electron chi connectivity index (χ3n) is 2.66. The third-order valence-corrected chi connectivity index (χ3v) is 2.66. The second-order valence-electron chi connectivity index (χ2n) is 4.97. The van der Waals surface area contributed by atoms with Gasteiger partial charge in [-0.25, -0.2) is 0 Å². The zero-order chi connectivity index (χ0) is 13.8. The van der Waals surface area contributed by atoms with E-state index >= 15 is 0 Å². The predicted molar refractivity (Wildman–Crippen MR) is 66.2 cm³/mol. The largest absolute Gasteiger partial charge is 0.481 e. The van der Waals surface area contributed by atoms with Gasteiger partial charge in [0.1, 0.15) is 11.5 Å². The molecule has 2 N–H and O–H groups in total. The van der Waals surface area contributed by atoms with Crippen LogP contribution in [0, 0.1) is 12.3 Å². The first-order valence-electron chi connectivity index (χ1n) is 5.87. The number of carboxylic acids is 1. The van der Waals surface area contributed by atoms with Gasteiger partial charge in [-0.1, -0.05) is 13.8 Å². The molecule has 1 rings (SSSR count). The number of rotatable bonds is 6. The van der Waals surface area contributed by atoms with E-state index in [0.29, 0.717) is 13.0 Å². The molecule has 0 aliphatic heterocycles. The maximum atomic E-state index is 11.8. The second-order valence-corrected chi connectivity index (χ2v) is 4.97. The first-order valence-corrected chi connectivity index (χ1v) is 5.87. The summed E-state index contributed by atoms with van der Waals surface area (Å²) in [4.78, 5) is 22.4. The van der Waals surface area contributed by atoms with E-state index in [1.165, 1.54) is 0 Å². The number of aliphatic carboxylic acids is 1. The number of nitrogens with one attached hydrogen (secondary N) is 1. The number of hydrogen-bond donors (Lipinski definition) is 2. The highest BCUT2D eigenvalue weighted by molar-refractivity contribution is 5.86. The smallest absolute Gasteiger partial charge is 0.304 e. The summed E-state index contributed by atoms with van der Waals surface area (Å²) in [5.74, 6) is 0.413. The summed E-state index contributed by atoms with van der Waals surface area (Å²) >= 11 is 0. The lowest BCUT2D eigenvalue weighted by Gasteiger charge is -2.21. The minimum Gasteiger partial charge on any atom is -0.481 e. The maximum absolute atomic E-state index is 11.8. The second kappa shape index (κ2) is 5.71. The Bertz CT molecular complexity index is 434. The van der Waals surface area contributed by atoms with E-state index in [4.69, 9.17) is 9.52 Å². The van der Waals surface area contributed by atoms with Crippen molar-refractivity contribution in [3.05, 3.63) is 23.7 Å².